The summed E-state index contributed by atoms with van der Waals surface area (Å²) in [6, 6.07) is 5.55. The van der Waals surface area contributed by atoms with Crippen LogP contribution in [0.2, 0.25) is 10.0 Å². The average Bonchev–Trinajstić information content (AvgIpc) is 2.56. The van der Waals surface area contributed by atoms with Gasteiger partial charge in [0.15, 0.2) is 0 Å². The second-order valence-electron chi connectivity index (χ2n) is 5.32. The molecule has 0 unspecified atom stereocenters. The Morgan fingerprint density at radius 1 is 1.14 bits per heavy atom. The molecule has 116 valence electrons. The molecule has 0 spiro atoms. The molecule has 22 heavy (non-hydrogen) atoms. The molecule has 1 saturated heterocycles. The Labute approximate surface area is 139 Å². The summed E-state index contributed by atoms with van der Waals surface area (Å²) >= 11 is 12.4. The standard InChI is InChI=1S/C16H17Cl2N3O/c17-13-1-2-15(12-3-6-19-10-14(12)18)21-16(13)20-9-11-4-7-22-8-5-11/h1-3,6,10-11H,4-5,7-9H2,(H,20,21). The fourth-order valence-corrected chi connectivity index (χ4v) is 2.88. The molecule has 0 saturated carbocycles. The topological polar surface area (TPSA) is 47.0 Å². The van der Waals surface area contributed by atoms with Crippen molar-refractivity contribution in [2.75, 3.05) is 25.1 Å². The van der Waals surface area contributed by atoms with Gasteiger partial charge in [0, 0.05) is 37.7 Å². The van der Waals surface area contributed by atoms with Gasteiger partial charge in [-0.25, -0.2) is 4.98 Å². The van der Waals surface area contributed by atoms with E-state index in [1.807, 2.05) is 18.2 Å². The molecule has 1 aliphatic rings. The molecular weight excluding hydrogens is 321 g/mol. The molecular formula is C16H17Cl2N3O. The van der Waals surface area contributed by atoms with Gasteiger partial charge < -0.3 is 10.1 Å². The van der Waals surface area contributed by atoms with Crippen LogP contribution < -0.4 is 5.32 Å². The summed E-state index contributed by atoms with van der Waals surface area (Å²) in [5.41, 5.74) is 1.63. The van der Waals surface area contributed by atoms with Gasteiger partial charge in [-0.15, -0.1) is 0 Å². The van der Waals surface area contributed by atoms with Crippen LogP contribution in [0.1, 0.15) is 12.8 Å². The number of hydrogen-bond acceptors (Lipinski definition) is 4. The molecule has 3 heterocycles. The summed E-state index contributed by atoms with van der Waals surface area (Å²) in [7, 11) is 0. The van der Waals surface area contributed by atoms with Gasteiger partial charge in [0.2, 0.25) is 0 Å². The smallest absolute Gasteiger partial charge is 0.145 e. The summed E-state index contributed by atoms with van der Waals surface area (Å²) in [6.07, 6.45) is 5.45. The highest BCUT2D eigenvalue weighted by Gasteiger charge is 2.15. The molecule has 3 rings (SSSR count). The van der Waals surface area contributed by atoms with Crippen LogP contribution in [-0.2, 0) is 4.74 Å². The van der Waals surface area contributed by atoms with Gasteiger partial charge in [-0.2, -0.15) is 0 Å². The van der Waals surface area contributed by atoms with Crippen molar-refractivity contribution in [3.63, 3.8) is 0 Å². The highest BCUT2D eigenvalue weighted by molar-refractivity contribution is 6.33. The number of halogens is 2. The SMILES string of the molecule is Clc1cnccc1-c1ccc(Cl)c(NCC2CCOCC2)n1. The normalized spacial score (nSPS) is 15.7. The van der Waals surface area contributed by atoms with Crippen molar-refractivity contribution in [1.82, 2.24) is 9.97 Å². The summed E-state index contributed by atoms with van der Waals surface area (Å²) in [4.78, 5) is 8.60. The molecule has 0 atom stereocenters. The molecule has 0 aromatic carbocycles. The van der Waals surface area contributed by atoms with Gasteiger partial charge in [-0.3, -0.25) is 4.98 Å². The largest absolute Gasteiger partial charge is 0.381 e. The lowest BCUT2D eigenvalue weighted by molar-refractivity contribution is 0.0699. The van der Waals surface area contributed by atoms with Crippen LogP contribution in [0.5, 0.6) is 0 Å². The Morgan fingerprint density at radius 3 is 2.73 bits per heavy atom. The quantitative estimate of drug-likeness (QED) is 0.903. The fourth-order valence-electron chi connectivity index (χ4n) is 2.49. The Balaban J connectivity index is 1.76. The molecule has 1 aliphatic heterocycles. The van der Waals surface area contributed by atoms with Crippen LogP contribution in [0, 0.1) is 5.92 Å². The van der Waals surface area contributed by atoms with Crippen LogP contribution in [0.4, 0.5) is 5.82 Å². The van der Waals surface area contributed by atoms with E-state index in [0.29, 0.717) is 21.8 Å². The van der Waals surface area contributed by atoms with Gasteiger partial charge in [-0.1, -0.05) is 23.2 Å². The second kappa shape index (κ2) is 7.27. The number of pyridine rings is 2. The molecule has 0 bridgehead atoms. The van der Waals surface area contributed by atoms with E-state index in [-0.39, 0.29) is 0 Å². The van der Waals surface area contributed by atoms with Gasteiger partial charge in [0.05, 0.1) is 15.7 Å². The molecule has 2 aromatic rings. The Bertz CT molecular complexity index is 645. The minimum absolute atomic E-state index is 0.577. The number of aromatic nitrogens is 2. The zero-order valence-electron chi connectivity index (χ0n) is 12.1. The van der Waals surface area contributed by atoms with Crippen molar-refractivity contribution in [3.05, 3.63) is 40.6 Å². The predicted octanol–water partition coefficient (Wildman–Crippen LogP) is 4.29. The van der Waals surface area contributed by atoms with E-state index in [0.717, 1.165) is 43.9 Å². The van der Waals surface area contributed by atoms with Crippen molar-refractivity contribution in [2.24, 2.45) is 5.92 Å². The zero-order valence-corrected chi connectivity index (χ0v) is 13.6. The average molecular weight is 338 g/mol. The first-order valence-corrected chi connectivity index (χ1v) is 8.07. The summed E-state index contributed by atoms with van der Waals surface area (Å²) < 4.78 is 5.38. The van der Waals surface area contributed by atoms with Crippen molar-refractivity contribution in [3.8, 4) is 11.3 Å². The van der Waals surface area contributed by atoms with Gasteiger partial charge in [0.25, 0.3) is 0 Å². The molecule has 2 aromatic heterocycles. The van der Waals surface area contributed by atoms with E-state index in [2.05, 4.69) is 15.3 Å². The number of rotatable bonds is 4. The summed E-state index contributed by atoms with van der Waals surface area (Å²) in [5.74, 6) is 1.29. The molecule has 0 radical (unpaired) electrons. The van der Waals surface area contributed by atoms with E-state index in [9.17, 15) is 0 Å². The maximum absolute atomic E-state index is 6.25. The molecule has 1 fully saturated rings. The fraction of sp³-hybridized carbons (Fsp3) is 0.375. The van der Waals surface area contributed by atoms with Crippen LogP contribution in [0.15, 0.2) is 30.6 Å². The lowest BCUT2D eigenvalue weighted by Crippen LogP contribution is -2.23. The Morgan fingerprint density at radius 2 is 1.95 bits per heavy atom. The summed E-state index contributed by atoms with van der Waals surface area (Å²) in [6.45, 7) is 2.52. The number of nitrogens with one attached hydrogen (secondary N) is 1. The zero-order chi connectivity index (χ0) is 15.4. The molecule has 6 heteroatoms. The van der Waals surface area contributed by atoms with Crippen LogP contribution in [-0.4, -0.2) is 29.7 Å². The lowest BCUT2D eigenvalue weighted by atomic mass is 10.0. The van der Waals surface area contributed by atoms with E-state index < -0.39 is 0 Å². The van der Waals surface area contributed by atoms with Crippen molar-refractivity contribution >= 4 is 29.0 Å². The lowest BCUT2D eigenvalue weighted by Gasteiger charge is -2.22. The maximum Gasteiger partial charge on any atom is 0.145 e. The minimum atomic E-state index is 0.577. The predicted molar refractivity (Wildman–Crippen MR) is 89.5 cm³/mol. The third-order valence-electron chi connectivity index (χ3n) is 3.79. The first kappa shape index (κ1) is 15.5. The number of anilines is 1. The number of ether oxygens (including phenoxy) is 1. The minimum Gasteiger partial charge on any atom is -0.381 e. The first-order valence-electron chi connectivity index (χ1n) is 7.32. The highest BCUT2D eigenvalue weighted by atomic mass is 35.5. The molecule has 0 aliphatic carbocycles. The Kier molecular flexibility index (Phi) is 5.13. The van der Waals surface area contributed by atoms with E-state index in [4.69, 9.17) is 27.9 Å². The van der Waals surface area contributed by atoms with Gasteiger partial charge in [-0.05, 0) is 37.0 Å². The van der Waals surface area contributed by atoms with Gasteiger partial charge >= 0.3 is 0 Å². The maximum atomic E-state index is 6.25. The van der Waals surface area contributed by atoms with E-state index >= 15 is 0 Å². The second-order valence-corrected chi connectivity index (χ2v) is 6.13. The molecule has 0 amide bonds. The first-order chi connectivity index (χ1) is 10.7. The van der Waals surface area contributed by atoms with E-state index in [1.54, 1.807) is 12.4 Å². The number of nitrogens with zero attached hydrogens (tertiary/aromatic N) is 2. The van der Waals surface area contributed by atoms with Crippen molar-refractivity contribution in [2.45, 2.75) is 12.8 Å². The number of hydrogen-bond donors (Lipinski definition) is 1. The van der Waals surface area contributed by atoms with Crippen LogP contribution in [0.25, 0.3) is 11.3 Å². The third kappa shape index (κ3) is 3.69. The van der Waals surface area contributed by atoms with E-state index in [1.165, 1.54) is 0 Å². The van der Waals surface area contributed by atoms with Crippen LogP contribution >= 0.6 is 23.2 Å². The highest BCUT2D eigenvalue weighted by Crippen LogP contribution is 2.29. The van der Waals surface area contributed by atoms with Crippen molar-refractivity contribution in [1.29, 1.82) is 0 Å². The third-order valence-corrected chi connectivity index (χ3v) is 4.40. The summed E-state index contributed by atoms with van der Waals surface area (Å²) in [5, 5.41) is 4.54. The molecule has 4 nitrogen and oxygen atoms in total. The monoisotopic (exact) mass is 337 g/mol. The van der Waals surface area contributed by atoms with Gasteiger partial charge in [0.1, 0.15) is 5.82 Å². The molecule has 1 N–H and O–H groups in total. The van der Waals surface area contributed by atoms with Crippen molar-refractivity contribution < 1.29 is 4.74 Å². The Hall–Kier alpha value is -1.36. The van der Waals surface area contributed by atoms with Crippen LogP contribution in [0.3, 0.4) is 0 Å².